The summed E-state index contributed by atoms with van der Waals surface area (Å²) in [6, 6.07) is 11.7. The summed E-state index contributed by atoms with van der Waals surface area (Å²) in [5.74, 6) is 0.338. The van der Waals surface area contributed by atoms with Crippen molar-refractivity contribution in [3.63, 3.8) is 0 Å². The molecule has 0 radical (unpaired) electrons. The predicted molar refractivity (Wildman–Crippen MR) is 106 cm³/mol. The van der Waals surface area contributed by atoms with Crippen LogP contribution in [0.1, 0.15) is 64.9 Å². The van der Waals surface area contributed by atoms with Gasteiger partial charge in [0, 0.05) is 38.1 Å². The highest BCUT2D eigenvalue weighted by Gasteiger charge is 2.51. The lowest BCUT2D eigenvalue weighted by atomic mass is 9.65. The SMILES string of the molecule is CC1(C)CC2CC(C)(CN2C2CCC(=O)N(Cc3ccccc3)CC2)C1. The van der Waals surface area contributed by atoms with Crippen LogP contribution in [0.3, 0.4) is 0 Å². The first kappa shape index (κ1) is 18.0. The lowest BCUT2D eigenvalue weighted by Gasteiger charge is -2.40. The Bertz CT molecular complexity index is 655. The van der Waals surface area contributed by atoms with E-state index >= 15 is 0 Å². The molecule has 2 bridgehead atoms. The van der Waals surface area contributed by atoms with Gasteiger partial charge in [-0.1, -0.05) is 51.1 Å². The highest BCUT2D eigenvalue weighted by molar-refractivity contribution is 5.76. The molecule has 0 aromatic heterocycles. The van der Waals surface area contributed by atoms with Gasteiger partial charge in [-0.05, 0) is 48.5 Å². The quantitative estimate of drug-likeness (QED) is 0.800. The summed E-state index contributed by atoms with van der Waals surface area (Å²) < 4.78 is 0. The molecule has 3 fully saturated rings. The van der Waals surface area contributed by atoms with Gasteiger partial charge in [-0.2, -0.15) is 0 Å². The lowest BCUT2D eigenvalue weighted by Crippen LogP contribution is -2.41. The van der Waals surface area contributed by atoms with Crippen molar-refractivity contribution in [2.75, 3.05) is 13.1 Å². The lowest BCUT2D eigenvalue weighted by molar-refractivity contribution is -0.131. The zero-order valence-corrected chi connectivity index (χ0v) is 16.7. The topological polar surface area (TPSA) is 23.6 Å². The molecule has 1 amide bonds. The maximum atomic E-state index is 12.7. The zero-order chi connectivity index (χ0) is 18.4. The average Bonchev–Trinajstić information content (AvgIpc) is 2.70. The Balaban J connectivity index is 1.43. The molecule has 3 unspecified atom stereocenters. The van der Waals surface area contributed by atoms with Crippen LogP contribution in [0.5, 0.6) is 0 Å². The molecule has 1 aliphatic carbocycles. The third-order valence-corrected chi connectivity index (χ3v) is 6.92. The van der Waals surface area contributed by atoms with Crippen molar-refractivity contribution in [1.29, 1.82) is 0 Å². The Hall–Kier alpha value is -1.35. The standard InChI is InChI=1S/C23H34N2O/c1-22(2)13-20-14-23(3,16-22)17-25(20)19-9-10-21(26)24(12-11-19)15-18-7-5-4-6-8-18/h4-8,19-20H,9-17H2,1-3H3. The van der Waals surface area contributed by atoms with Crippen molar-refractivity contribution in [3.05, 3.63) is 35.9 Å². The summed E-state index contributed by atoms with van der Waals surface area (Å²) in [7, 11) is 0. The number of carbonyl (C=O) groups excluding carboxylic acids is 1. The predicted octanol–water partition coefficient (Wildman–Crippen LogP) is 4.47. The van der Waals surface area contributed by atoms with Crippen molar-refractivity contribution in [1.82, 2.24) is 9.80 Å². The van der Waals surface area contributed by atoms with E-state index in [-0.39, 0.29) is 0 Å². The van der Waals surface area contributed by atoms with Crippen LogP contribution >= 0.6 is 0 Å². The number of amides is 1. The third-order valence-electron chi connectivity index (χ3n) is 6.92. The van der Waals surface area contributed by atoms with Crippen LogP contribution in [0, 0.1) is 10.8 Å². The smallest absolute Gasteiger partial charge is 0.222 e. The molecule has 2 aliphatic heterocycles. The van der Waals surface area contributed by atoms with E-state index in [0.29, 0.717) is 29.2 Å². The fourth-order valence-corrected chi connectivity index (χ4v) is 6.26. The minimum absolute atomic E-state index is 0.338. The Labute approximate surface area is 158 Å². The molecule has 0 spiro atoms. The molecule has 2 heterocycles. The molecule has 26 heavy (non-hydrogen) atoms. The molecule has 3 atom stereocenters. The second kappa shape index (κ2) is 6.67. The maximum Gasteiger partial charge on any atom is 0.222 e. The monoisotopic (exact) mass is 354 g/mol. The average molecular weight is 355 g/mol. The first-order valence-corrected chi connectivity index (χ1v) is 10.4. The Kier molecular flexibility index (Phi) is 4.63. The van der Waals surface area contributed by atoms with Crippen LogP contribution in [0.25, 0.3) is 0 Å². The first-order chi connectivity index (χ1) is 12.3. The highest BCUT2D eigenvalue weighted by Crippen LogP contribution is 2.53. The van der Waals surface area contributed by atoms with Crippen molar-refractivity contribution in [2.24, 2.45) is 10.8 Å². The highest BCUT2D eigenvalue weighted by atomic mass is 16.2. The Morgan fingerprint density at radius 1 is 1.04 bits per heavy atom. The van der Waals surface area contributed by atoms with Gasteiger partial charge < -0.3 is 4.90 Å². The van der Waals surface area contributed by atoms with E-state index in [1.165, 1.54) is 31.4 Å². The zero-order valence-electron chi connectivity index (χ0n) is 16.7. The van der Waals surface area contributed by atoms with E-state index in [9.17, 15) is 4.79 Å². The van der Waals surface area contributed by atoms with Gasteiger partial charge in [0.25, 0.3) is 0 Å². The molecule has 4 rings (SSSR count). The van der Waals surface area contributed by atoms with E-state index in [2.05, 4.69) is 54.8 Å². The third kappa shape index (κ3) is 3.69. The number of rotatable bonds is 3. The molecular weight excluding hydrogens is 320 g/mol. The van der Waals surface area contributed by atoms with Gasteiger partial charge in [-0.25, -0.2) is 0 Å². The molecule has 1 aromatic rings. The fraction of sp³-hybridized carbons (Fsp3) is 0.696. The summed E-state index contributed by atoms with van der Waals surface area (Å²) in [5.41, 5.74) is 2.18. The number of nitrogens with zero attached hydrogens (tertiary/aromatic N) is 2. The number of hydrogen-bond acceptors (Lipinski definition) is 2. The second-order valence-corrected chi connectivity index (χ2v) is 10.2. The van der Waals surface area contributed by atoms with Gasteiger partial charge >= 0.3 is 0 Å². The van der Waals surface area contributed by atoms with Crippen molar-refractivity contribution in [2.45, 2.75) is 77.9 Å². The van der Waals surface area contributed by atoms with Crippen molar-refractivity contribution in [3.8, 4) is 0 Å². The van der Waals surface area contributed by atoms with Gasteiger partial charge in [0.15, 0.2) is 0 Å². The van der Waals surface area contributed by atoms with Crippen LogP contribution in [-0.2, 0) is 11.3 Å². The second-order valence-electron chi connectivity index (χ2n) is 10.2. The first-order valence-electron chi connectivity index (χ1n) is 10.4. The van der Waals surface area contributed by atoms with E-state index in [1.54, 1.807) is 0 Å². The molecule has 1 saturated carbocycles. The molecule has 142 valence electrons. The summed E-state index contributed by atoms with van der Waals surface area (Å²) in [6.45, 7) is 10.3. The van der Waals surface area contributed by atoms with Gasteiger partial charge in [-0.3, -0.25) is 9.69 Å². The van der Waals surface area contributed by atoms with Gasteiger partial charge in [0.1, 0.15) is 0 Å². The number of hydrogen-bond donors (Lipinski definition) is 0. The maximum absolute atomic E-state index is 12.7. The van der Waals surface area contributed by atoms with Gasteiger partial charge in [-0.15, -0.1) is 0 Å². The molecular formula is C23H34N2O. The molecule has 1 aromatic carbocycles. The van der Waals surface area contributed by atoms with E-state index < -0.39 is 0 Å². The number of benzene rings is 1. The molecule has 3 heteroatoms. The Morgan fingerprint density at radius 3 is 2.58 bits per heavy atom. The van der Waals surface area contributed by atoms with Gasteiger partial charge in [0.05, 0.1) is 0 Å². The van der Waals surface area contributed by atoms with Crippen molar-refractivity contribution >= 4 is 5.91 Å². The van der Waals surface area contributed by atoms with E-state index in [0.717, 1.165) is 32.0 Å². The summed E-state index contributed by atoms with van der Waals surface area (Å²) >= 11 is 0. The minimum Gasteiger partial charge on any atom is -0.338 e. The number of carbonyl (C=O) groups is 1. The molecule has 3 nitrogen and oxygen atoms in total. The minimum atomic E-state index is 0.338. The van der Waals surface area contributed by atoms with E-state index in [1.807, 2.05) is 6.07 Å². The van der Waals surface area contributed by atoms with E-state index in [4.69, 9.17) is 0 Å². The van der Waals surface area contributed by atoms with Crippen LogP contribution in [0.4, 0.5) is 0 Å². The van der Waals surface area contributed by atoms with Crippen LogP contribution in [0.2, 0.25) is 0 Å². The molecule has 0 N–H and O–H groups in total. The fourth-order valence-electron chi connectivity index (χ4n) is 6.26. The largest absolute Gasteiger partial charge is 0.338 e. The van der Waals surface area contributed by atoms with Crippen LogP contribution < -0.4 is 0 Å². The van der Waals surface area contributed by atoms with Crippen LogP contribution in [0.15, 0.2) is 30.3 Å². The summed E-state index contributed by atoms with van der Waals surface area (Å²) in [6.07, 6.45) is 6.90. The normalized spacial score (nSPS) is 34.7. The molecule has 2 saturated heterocycles. The Morgan fingerprint density at radius 2 is 1.81 bits per heavy atom. The number of likely N-dealkylation sites (tertiary alicyclic amines) is 2. The molecule has 3 aliphatic rings. The van der Waals surface area contributed by atoms with Crippen LogP contribution in [-0.4, -0.2) is 40.9 Å². The number of fused-ring (bicyclic) bond motifs is 2. The van der Waals surface area contributed by atoms with Crippen molar-refractivity contribution < 1.29 is 4.79 Å². The van der Waals surface area contributed by atoms with Gasteiger partial charge in [0.2, 0.25) is 5.91 Å². The summed E-state index contributed by atoms with van der Waals surface area (Å²) in [5, 5.41) is 0. The summed E-state index contributed by atoms with van der Waals surface area (Å²) in [4.78, 5) is 17.6.